The lowest BCUT2D eigenvalue weighted by Crippen LogP contribution is -2.33. The van der Waals surface area contributed by atoms with Crippen molar-refractivity contribution >= 4 is 29.0 Å². The highest BCUT2D eigenvalue weighted by atomic mass is 32.2. The van der Waals surface area contributed by atoms with Gasteiger partial charge < -0.3 is 9.88 Å². The van der Waals surface area contributed by atoms with E-state index in [1.807, 2.05) is 11.6 Å². The van der Waals surface area contributed by atoms with E-state index in [2.05, 4.69) is 40.8 Å². The summed E-state index contributed by atoms with van der Waals surface area (Å²) in [5, 5.41) is 14.6. The maximum atomic E-state index is 12.1. The standard InChI is InChI=1S/C17H24N4OS2/c1-11(2)14-8-12(9-23-14)16-19-20-17(21(16)3)24-10-15(22)18-13-6-4-5-7-13/h8-9,11,13H,4-7,10H2,1-3H3,(H,18,22). The number of nitrogens with one attached hydrogen (secondary N) is 1. The molecule has 0 radical (unpaired) electrons. The number of amides is 1. The van der Waals surface area contributed by atoms with Crippen LogP contribution in [0.25, 0.3) is 11.4 Å². The zero-order valence-electron chi connectivity index (χ0n) is 14.4. The van der Waals surface area contributed by atoms with E-state index in [1.54, 1.807) is 11.3 Å². The normalized spacial score (nSPS) is 15.3. The van der Waals surface area contributed by atoms with Gasteiger partial charge in [-0.2, -0.15) is 0 Å². The van der Waals surface area contributed by atoms with Gasteiger partial charge in [-0.1, -0.05) is 38.5 Å². The molecule has 0 saturated heterocycles. The van der Waals surface area contributed by atoms with Crippen molar-refractivity contribution in [2.45, 2.75) is 56.6 Å². The summed E-state index contributed by atoms with van der Waals surface area (Å²) in [5.41, 5.74) is 1.10. The van der Waals surface area contributed by atoms with Crippen LogP contribution in [0, 0.1) is 0 Å². The first-order valence-electron chi connectivity index (χ1n) is 8.45. The van der Waals surface area contributed by atoms with E-state index in [9.17, 15) is 4.79 Å². The molecule has 0 aromatic carbocycles. The Morgan fingerprint density at radius 1 is 1.42 bits per heavy atom. The van der Waals surface area contributed by atoms with Gasteiger partial charge in [0, 0.05) is 28.9 Å². The predicted octanol–water partition coefficient (Wildman–Crippen LogP) is 3.82. The molecule has 1 N–H and O–H groups in total. The largest absolute Gasteiger partial charge is 0.353 e. The molecule has 0 unspecified atom stereocenters. The lowest BCUT2D eigenvalue weighted by Gasteiger charge is -2.11. The van der Waals surface area contributed by atoms with Crippen molar-refractivity contribution in [3.05, 3.63) is 16.3 Å². The summed E-state index contributed by atoms with van der Waals surface area (Å²) in [6, 6.07) is 2.55. The van der Waals surface area contributed by atoms with Crippen molar-refractivity contribution in [3.63, 3.8) is 0 Å². The van der Waals surface area contributed by atoms with Crippen LogP contribution in [-0.4, -0.2) is 32.5 Å². The van der Waals surface area contributed by atoms with E-state index in [1.165, 1.54) is 29.5 Å². The molecule has 130 valence electrons. The average molecular weight is 365 g/mol. The van der Waals surface area contributed by atoms with Crippen LogP contribution in [0.2, 0.25) is 0 Å². The Kier molecular flexibility index (Phi) is 5.61. The van der Waals surface area contributed by atoms with E-state index in [-0.39, 0.29) is 5.91 Å². The van der Waals surface area contributed by atoms with Crippen molar-refractivity contribution < 1.29 is 4.79 Å². The number of thiophene rings is 1. The van der Waals surface area contributed by atoms with E-state index in [0.717, 1.165) is 29.4 Å². The van der Waals surface area contributed by atoms with Gasteiger partial charge in [0.1, 0.15) is 0 Å². The first kappa shape index (κ1) is 17.5. The highest BCUT2D eigenvalue weighted by molar-refractivity contribution is 7.99. The van der Waals surface area contributed by atoms with Gasteiger partial charge in [0.05, 0.1) is 5.75 Å². The van der Waals surface area contributed by atoms with Crippen molar-refractivity contribution in [1.29, 1.82) is 0 Å². The highest BCUT2D eigenvalue weighted by Gasteiger charge is 2.18. The summed E-state index contributed by atoms with van der Waals surface area (Å²) in [6.07, 6.45) is 4.68. The Bertz CT molecular complexity index is 701. The van der Waals surface area contributed by atoms with Crippen molar-refractivity contribution in [2.75, 3.05) is 5.75 Å². The van der Waals surface area contributed by atoms with Crippen LogP contribution in [0.15, 0.2) is 16.6 Å². The first-order valence-corrected chi connectivity index (χ1v) is 10.3. The monoisotopic (exact) mass is 364 g/mol. The molecule has 24 heavy (non-hydrogen) atoms. The van der Waals surface area contributed by atoms with Gasteiger partial charge >= 0.3 is 0 Å². The van der Waals surface area contributed by atoms with Crippen LogP contribution in [-0.2, 0) is 11.8 Å². The molecule has 0 aliphatic heterocycles. The lowest BCUT2D eigenvalue weighted by molar-refractivity contribution is -0.119. The van der Waals surface area contributed by atoms with Gasteiger partial charge in [-0.05, 0) is 24.8 Å². The molecule has 1 saturated carbocycles. The molecule has 2 aromatic heterocycles. The Balaban J connectivity index is 1.60. The van der Waals surface area contributed by atoms with E-state index in [4.69, 9.17) is 0 Å². The Morgan fingerprint density at radius 2 is 2.17 bits per heavy atom. The zero-order valence-corrected chi connectivity index (χ0v) is 16.0. The topological polar surface area (TPSA) is 59.8 Å². The molecular formula is C17H24N4OS2. The zero-order chi connectivity index (χ0) is 17.1. The average Bonchev–Trinajstić information content (AvgIpc) is 3.26. The van der Waals surface area contributed by atoms with Crippen LogP contribution in [0.5, 0.6) is 0 Å². The smallest absolute Gasteiger partial charge is 0.230 e. The third kappa shape index (κ3) is 4.00. The molecule has 5 nitrogen and oxygen atoms in total. The third-order valence-corrected chi connectivity index (χ3v) is 6.59. The maximum absolute atomic E-state index is 12.1. The quantitative estimate of drug-likeness (QED) is 0.792. The molecule has 1 aliphatic rings. The van der Waals surface area contributed by atoms with Crippen LogP contribution < -0.4 is 5.32 Å². The van der Waals surface area contributed by atoms with Gasteiger partial charge in [-0.25, -0.2) is 0 Å². The van der Waals surface area contributed by atoms with Gasteiger partial charge in [0.2, 0.25) is 5.91 Å². The Hall–Kier alpha value is -1.34. The van der Waals surface area contributed by atoms with E-state index >= 15 is 0 Å². The van der Waals surface area contributed by atoms with Gasteiger partial charge in [0.25, 0.3) is 0 Å². The van der Waals surface area contributed by atoms with Gasteiger partial charge in [-0.3, -0.25) is 4.79 Å². The molecule has 3 rings (SSSR count). The summed E-state index contributed by atoms with van der Waals surface area (Å²) in [4.78, 5) is 13.4. The fourth-order valence-corrected chi connectivity index (χ4v) is 4.56. The second kappa shape index (κ2) is 7.70. The second-order valence-corrected chi connectivity index (χ2v) is 8.48. The number of nitrogens with zero attached hydrogens (tertiary/aromatic N) is 3. The maximum Gasteiger partial charge on any atom is 0.230 e. The molecule has 2 heterocycles. The van der Waals surface area contributed by atoms with Crippen LogP contribution in [0.4, 0.5) is 0 Å². The molecule has 1 aliphatic carbocycles. The number of rotatable bonds is 6. The SMILES string of the molecule is CC(C)c1cc(-c2nnc(SCC(=O)NC3CCCC3)n2C)cs1. The minimum absolute atomic E-state index is 0.0917. The predicted molar refractivity (Wildman–Crippen MR) is 99.5 cm³/mol. The summed E-state index contributed by atoms with van der Waals surface area (Å²) < 4.78 is 1.97. The number of aromatic nitrogens is 3. The minimum atomic E-state index is 0.0917. The number of hydrogen-bond donors (Lipinski definition) is 1. The van der Waals surface area contributed by atoms with Gasteiger partial charge in [0.15, 0.2) is 11.0 Å². The van der Waals surface area contributed by atoms with E-state index < -0.39 is 0 Å². The number of carbonyl (C=O) groups is 1. The van der Waals surface area contributed by atoms with Crippen LogP contribution in [0.1, 0.15) is 50.3 Å². The van der Waals surface area contributed by atoms with E-state index in [0.29, 0.717) is 17.7 Å². The molecule has 1 amide bonds. The summed E-state index contributed by atoms with van der Waals surface area (Å²) >= 11 is 3.20. The minimum Gasteiger partial charge on any atom is -0.353 e. The molecule has 7 heteroatoms. The summed E-state index contributed by atoms with van der Waals surface area (Å²) in [6.45, 7) is 4.38. The number of thioether (sulfide) groups is 1. The molecule has 2 aromatic rings. The van der Waals surface area contributed by atoms with Crippen LogP contribution in [0.3, 0.4) is 0 Å². The molecule has 0 spiro atoms. The van der Waals surface area contributed by atoms with Crippen LogP contribution >= 0.6 is 23.1 Å². The third-order valence-electron chi connectivity index (χ3n) is 4.33. The first-order chi connectivity index (χ1) is 11.5. The fraction of sp³-hybridized carbons (Fsp3) is 0.588. The molecule has 0 atom stereocenters. The van der Waals surface area contributed by atoms with Gasteiger partial charge in [-0.15, -0.1) is 21.5 Å². The summed E-state index contributed by atoms with van der Waals surface area (Å²) in [7, 11) is 1.96. The van der Waals surface area contributed by atoms with Crippen molar-refractivity contribution in [1.82, 2.24) is 20.1 Å². The summed E-state index contributed by atoms with van der Waals surface area (Å²) in [5.74, 6) is 1.86. The lowest BCUT2D eigenvalue weighted by atomic mass is 10.1. The molecule has 0 bridgehead atoms. The molecular weight excluding hydrogens is 340 g/mol. The molecule has 1 fully saturated rings. The Labute approximate surface area is 151 Å². The fourth-order valence-electron chi connectivity index (χ4n) is 2.93. The number of carbonyl (C=O) groups excluding carboxylic acids is 1. The second-order valence-electron chi connectivity index (χ2n) is 6.60. The highest BCUT2D eigenvalue weighted by Crippen LogP contribution is 2.30. The van der Waals surface area contributed by atoms with Crippen molar-refractivity contribution in [3.8, 4) is 11.4 Å². The Morgan fingerprint density at radius 3 is 2.83 bits per heavy atom. The van der Waals surface area contributed by atoms with Crippen molar-refractivity contribution in [2.24, 2.45) is 7.05 Å². The number of hydrogen-bond acceptors (Lipinski definition) is 5.